The molecule has 0 aliphatic carbocycles. The summed E-state index contributed by atoms with van der Waals surface area (Å²) >= 11 is 0. The van der Waals surface area contributed by atoms with E-state index in [0.717, 1.165) is 31.3 Å². The van der Waals surface area contributed by atoms with Crippen molar-refractivity contribution < 1.29 is 4.74 Å². The quantitative estimate of drug-likeness (QED) is 0.402. The van der Waals surface area contributed by atoms with E-state index < -0.39 is 0 Å². The minimum Gasteiger partial charge on any atom is -0.493 e. The number of hydrogen-bond donors (Lipinski definition) is 2. The number of aliphatic imine (C=N–C) groups is 1. The van der Waals surface area contributed by atoms with Crippen molar-refractivity contribution in [3.63, 3.8) is 0 Å². The Morgan fingerprint density at radius 3 is 2.59 bits per heavy atom. The van der Waals surface area contributed by atoms with E-state index in [2.05, 4.69) is 55.5 Å². The standard InChI is InChI=1S/C17H29N3O.HI/c1-6-14(4)20-17(18-5)19-11-15-8-7-9-16(10-15)21-12-13(2)3;/h7-10,13-14H,6,11-12H2,1-5H3,(H2,18,19,20);1H. The largest absolute Gasteiger partial charge is 0.493 e. The fourth-order valence-corrected chi connectivity index (χ4v) is 1.72. The van der Waals surface area contributed by atoms with Crippen LogP contribution in [-0.4, -0.2) is 25.7 Å². The third-order valence-corrected chi connectivity index (χ3v) is 3.16. The van der Waals surface area contributed by atoms with Crippen LogP contribution in [0, 0.1) is 5.92 Å². The van der Waals surface area contributed by atoms with Gasteiger partial charge in [-0.3, -0.25) is 4.99 Å². The monoisotopic (exact) mass is 419 g/mol. The first-order valence-electron chi connectivity index (χ1n) is 7.74. The molecule has 0 aliphatic rings. The maximum absolute atomic E-state index is 5.75. The zero-order chi connectivity index (χ0) is 15.7. The van der Waals surface area contributed by atoms with Gasteiger partial charge in [0.25, 0.3) is 0 Å². The molecule has 1 aromatic rings. The predicted molar refractivity (Wildman–Crippen MR) is 105 cm³/mol. The Morgan fingerprint density at radius 2 is 2.00 bits per heavy atom. The van der Waals surface area contributed by atoms with Gasteiger partial charge in [0, 0.05) is 19.6 Å². The van der Waals surface area contributed by atoms with Crippen molar-refractivity contribution in [3.8, 4) is 5.75 Å². The average molecular weight is 419 g/mol. The molecule has 0 aromatic heterocycles. The Balaban J connectivity index is 0.00000441. The van der Waals surface area contributed by atoms with E-state index in [0.29, 0.717) is 12.0 Å². The molecule has 5 heteroatoms. The smallest absolute Gasteiger partial charge is 0.191 e. The SMILES string of the molecule is CCC(C)NC(=NC)NCc1cccc(OCC(C)C)c1.I. The molecule has 0 spiro atoms. The van der Waals surface area contributed by atoms with Gasteiger partial charge >= 0.3 is 0 Å². The van der Waals surface area contributed by atoms with Crippen LogP contribution in [0.4, 0.5) is 0 Å². The molecule has 0 aliphatic heterocycles. The van der Waals surface area contributed by atoms with Gasteiger partial charge in [0.1, 0.15) is 5.75 Å². The Kier molecular flexibility index (Phi) is 11.1. The lowest BCUT2D eigenvalue weighted by molar-refractivity contribution is 0.271. The van der Waals surface area contributed by atoms with E-state index in [4.69, 9.17) is 4.74 Å². The zero-order valence-corrected chi connectivity index (χ0v) is 16.7. The number of benzene rings is 1. The number of nitrogens with zero attached hydrogens (tertiary/aromatic N) is 1. The highest BCUT2D eigenvalue weighted by atomic mass is 127. The highest BCUT2D eigenvalue weighted by Crippen LogP contribution is 2.14. The number of halogens is 1. The van der Waals surface area contributed by atoms with Gasteiger partial charge in [0.2, 0.25) is 0 Å². The lowest BCUT2D eigenvalue weighted by atomic mass is 10.2. The predicted octanol–water partition coefficient (Wildman–Crippen LogP) is 3.80. The highest BCUT2D eigenvalue weighted by molar-refractivity contribution is 14.0. The van der Waals surface area contributed by atoms with Gasteiger partial charge in [0.15, 0.2) is 5.96 Å². The van der Waals surface area contributed by atoms with Crippen LogP contribution in [0.15, 0.2) is 29.3 Å². The minimum atomic E-state index is 0. The van der Waals surface area contributed by atoms with Gasteiger partial charge in [-0.15, -0.1) is 24.0 Å². The molecule has 126 valence electrons. The van der Waals surface area contributed by atoms with Crippen LogP contribution in [0.3, 0.4) is 0 Å². The molecule has 1 atom stereocenters. The average Bonchev–Trinajstić information content (AvgIpc) is 2.49. The summed E-state index contributed by atoms with van der Waals surface area (Å²) in [5.74, 6) is 2.29. The van der Waals surface area contributed by atoms with Crippen molar-refractivity contribution in [1.29, 1.82) is 0 Å². The Bertz CT molecular complexity index is 449. The molecular formula is C17H30IN3O. The molecule has 4 nitrogen and oxygen atoms in total. The van der Waals surface area contributed by atoms with Gasteiger partial charge in [0.05, 0.1) is 6.61 Å². The second-order valence-electron chi connectivity index (χ2n) is 5.73. The Hall–Kier alpha value is -0.980. The van der Waals surface area contributed by atoms with Crippen LogP contribution in [-0.2, 0) is 6.54 Å². The summed E-state index contributed by atoms with van der Waals surface area (Å²) in [6, 6.07) is 8.60. The number of ether oxygens (including phenoxy) is 1. The second kappa shape index (κ2) is 11.6. The molecule has 0 saturated carbocycles. The van der Waals surface area contributed by atoms with Crippen LogP contribution in [0.25, 0.3) is 0 Å². The number of hydrogen-bond acceptors (Lipinski definition) is 2. The molecule has 0 fully saturated rings. The van der Waals surface area contributed by atoms with Crippen LogP contribution < -0.4 is 15.4 Å². The van der Waals surface area contributed by atoms with E-state index >= 15 is 0 Å². The van der Waals surface area contributed by atoms with Crippen molar-refractivity contribution in [1.82, 2.24) is 10.6 Å². The summed E-state index contributed by atoms with van der Waals surface area (Å²) in [6.45, 7) is 10.1. The summed E-state index contributed by atoms with van der Waals surface area (Å²) in [4.78, 5) is 4.24. The number of rotatable bonds is 7. The number of guanidine groups is 1. The number of nitrogens with one attached hydrogen (secondary N) is 2. The first-order valence-corrected chi connectivity index (χ1v) is 7.74. The topological polar surface area (TPSA) is 45.7 Å². The van der Waals surface area contributed by atoms with Crippen LogP contribution in [0.5, 0.6) is 5.75 Å². The first-order chi connectivity index (χ1) is 10.0. The molecule has 0 saturated heterocycles. The van der Waals surface area contributed by atoms with E-state index in [1.54, 1.807) is 7.05 Å². The molecule has 1 rings (SSSR count). The van der Waals surface area contributed by atoms with Crippen molar-refractivity contribution in [2.24, 2.45) is 10.9 Å². The van der Waals surface area contributed by atoms with Crippen molar-refractivity contribution in [3.05, 3.63) is 29.8 Å². The van der Waals surface area contributed by atoms with E-state index in [9.17, 15) is 0 Å². The summed E-state index contributed by atoms with van der Waals surface area (Å²) < 4.78 is 5.75. The Morgan fingerprint density at radius 1 is 1.27 bits per heavy atom. The Labute approximate surface area is 152 Å². The fraction of sp³-hybridized carbons (Fsp3) is 0.588. The van der Waals surface area contributed by atoms with Crippen LogP contribution >= 0.6 is 24.0 Å². The van der Waals surface area contributed by atoms with Crippen molar-refractivity contribution in [2.45, 2.75) is 46.7 Å². The second-order valence-corrected chi connectivity index (χ2v) is 5.73. The molecule has 1 unspecified atom stereocenters. The highest BCUT2D eigenvalue weighted by Gasteiger charge is 2.03. The van der Waals surface area contributed by atoms with Gasteiger partial charge < -0.3 is 15.4 Å². The summed E-state index contributed by atoms with van der Waals surface area (Å²) in [5, 5.41) is 6.68. The zero-order valence-electron chi connectivity index (χ0n) is 14.3. The summed E-state index contributed by atoms with van der Waals surface area (Å²) in [6.07, 6.45) is 1.07. The van der Waals surface area contributed by atoms with Gasteiger partial charge in [-0.2, -0.15) is 0 Å². The molecule has 1 aromatic carbocycles. The van der Waals surface area contributed by atoms with Crippen molar-refractivity contribution in [2.75, 3.05) is 13.7 Å². The minimum absolute atomic E-state index is 0. The van der Waals surface area contributed by atoms with Crippen LogP contribution in [0.1, 0.15) is 39.7 Å². The lowest BCUT2D eigenvalue weighted by Gasteiger charge is -2.16. The van der Waals surface area contributed by atoms with Gasteiger partial charge in [-0.05, 0) is 37.0 Å². The third-order valence-electron chi connectivity index (χ3n) is 3.16. The third kappa shape index (κ3) is 8.46. The normalized spacial score (nSPS) is 12.5. The molecule has 0 heterocycles. The first kappa shape index (κ1) is 21.0. The summed E-state index contributed by atoms with van der Waals surface area (Å²) in [5.41, 5.74) is 1.18. The summed E-state index contributed by atoms with van der Waals surface area (Å²) in [7, 11) is 1.79. The maximum Gasteiger partial charge on any atom is 0.191 e. The molecular weight excluding hydrogens is 389 g/mol. The van der Waals surface area contributed by atoms with Crippen molar-refractivity contribution >= 4 is 29.9 Å². The van der Waals surface area contributed by atoms with Gasteiger partial charge in [-0.25, -0.2) is 0 Å². The van der Waals surface area contributed by atoms with Crippen LogP contribution in [0.2, 0.25) is 0 Å². The lowest BCUT2D eigenvalue weighted by Crippen LogP contribution is -2.41. The van der Waals surface area contributed by atoms with Gasteiger partial charge in [-0.1, -0.05) is 32.9 Å². The fourth-order valence-electron chi connectivity index (χ4n) is 1.72. The molecule has 22 heavy (non-hydrogen) atoms. The van der Waals surface area contributed by atoms with E-state index in [1.807, 2.05) is 12.1 Å². The molecule has 2 N–H and O–H groups in total. The molecule has 0 amide bonds. The maximum atomic E-state index is 5.75. The molecule has 0 radical (unpaired) electrons. The molecule has 0 bridgehead atoms. The van der Waals surface area contributed by atoms with E-state index in [1.165, 1.54) is 5.56 Å². The van der Waals surface area contributed by atoms with E-state index in [-0.39, 0.29) is 24.0 Å².